The molecule has 1 aliphatic heterocycles. The summed E-state index contributed by atoms with van der Waals surface area (Å²) in [6, 6.07) is 4.46. The van der Waals surface area contributed by atoms with E-state index in [9.17, 15) is 14.9 Å². The van der Waals surface area contributed by atoms with Gasteiger partial charge in [0.1, 0.15) is 12.0 Å². The van der Waals surface area contributed by atoms with Crippen molar-refractivity contribution >= 4 is 17.7 Å². The van der Waals surface area contributed by atoms with Crippen LogP contribution in [0.3, 0.4) is 0 Å². The lowest BCUT2D eigenvalue weighted by molar-refractivity contribution is -0.384. The second-order valence-corrected chi connectivity index (χ2v) is 4.27. The Hall–Kier alpha value is -1.95. The molecule has 1 aromatic carbocycles. The van der Waals surface area contributed by atoms with Gasteiger partial charge in [-0.3, -0.25) is 14.9 Å². The largest absolute Gasteiger partial charge is 0.376 e. The number of carbonyl (C=O) groups excluding carboxylic acids is 1. The average molecular weight is 250 g/mol. The van der Waals surface area contributed by atoms with Crippen molar-refractivity contribution < 1.29 is 14.5 Å². The number of benzene rings is 1. The van der Waals surface area contributed by atoms with Crippen molar-refractivity contribution in [1.29, 1.82) is 0 Å². The highest BCUT2D eigenvalue weighted by molar-refractivity contribution is 5.79. The predicted molar refractivity (Wildman–Crippen MR) is 65.9 cm³/mol. The topological polar surface area (TPSA) is 81.5 Å². The smallest absolute Gasteiger partial charge is 0.293 e. The first kappa shape index (κ1) is 12.5. The molecule has 1 fully saturated rings. The van der Waals surface area contributed by atoms with Gasteiger partial charge in [0.25, 0.3) is 5.69 Å². The van der Waals surface area contributed by atoms with Crippen molar-refractivity contribution in [3.05, 3.63) is 33.9 Å². The fourth-order valence-corrected chi connectivity index (χ4v) is 2.02. The van der Waals surface area contributed by atoms with E-state index in [0.29, 0.717) is 24.1 Å². The minimum Gasteiger partial charge on any atom is -0.376 e. The number of nitro groups is 1. The molecule has 6 nitrogen and oxygen atoms in total. The molecular formula is C12H14N2O4. The van der Waals surface area contributed by atoms with Crippen LogP contribution in [0.25, 0.3) is 0 Å². The lowest BCUT2D eigenvalue weighted by atomic mass is 10.1. The number of hydrogen-bond acceptors (Lipinski definition) is 5. The summed E-state index contributed by atoms with van der Waals surface area (Å²) in [5.41, 5.74) is 0.634. The summed E-state index contributed by atoms with van der Waals surface area (Å²) in [5, 5.41) is 14.1. The Kier molecular flexibility index (Phi) is 3.57. The Balaban J connectivity index is 2.26. The van der Waals surface area contributed by atoms with Gasteiger partial charge < -0.3 is 10.1 Å². The van der Waals surface area contributed by atoms with Crippen LogP contribution in [-0.2, 0) is 4.74 Å². The molecule has 0 amide bonds. The molecule has 0 saturated carbocycles. The number of nitro benzene ring substituents is 1. The zero-order valence-corrected chi connectivity index (χ0v) is 9.96. The molecule has 0 spiro atoms. The number of carbonyl (C=O) groups is 1. The summed E-state index contributed by atoms with van der Waals surface area (Å²) >= 11 is 0. The van der Waals surface area contributed by atoms with Crippen LogP contribution >= 0.6 is 0 Å². The Labute approximate surface area is 104 Å². The monoisotopic (exact) mass is 250 g/mol. The van der Waals surface area contributed by atoms with Crippen LogP contribution in [0.5, 0.6) is 0 Å². The Morgan fingerprint density at radius 2 is 2.33 bits per heavy atom. The van der Waals surface area contributed by atoms with Crippen LogP contribution in [0.2, 0.25) is 0 Å². The molecule has 1 aliphatic rings. The highest BCUT2D eigenvalue weighted by Crippen LogP contribution is 2.28. The van der Waals surface area contributed by atoms with Crippen LogP contribution in [0, 0.1) is 10.1 Å². The zero-order valence-electron chi connectivity index (χ0n) is 9.96. The first-order chi connectivity index (χ1) is 8.61. The van der Waals surface area contributed by atoms with Crippen molar-refractivity contribution in [2.24, 2.45) is 0 Å². The number of aldehydes is 1. The van der Waals surface area contributed by atoms with Gasteiger partial charge in [0.2, 0.25) is 0 Å². The molecule has 1 N–H and O–H groups in total. The molecule has 0 aliphatic carbocycles. The number of nitrogens with one attached hydrogen (secondary N) is 1. The maximum atomic E-state index is 11.0. The molecule has 2 rings (SSSR count). The summed E-state index contributed by atoms with van der Waals surface area (Å²) in [7, 11) is 0. The predicted octanol–water partition coefficient (Wildman–Crippen LogP) is 2.00. The van der Waals surface area contributed by atoms with E-state index in [1.807, 2.05) is 6.92 Å². The van der Waals surface area contributed by atoms with Crippen LogP contribution in [0.15, 0.2) is 18.2 Å². The third-order valence-electron chi connectivity index (χ3n) is 3.07. The van der Waals surface area contributed by atoms with E-state index in [2.05, 4.69) is 5.32 Å². The van der Waals surface area contributed by atoms with Gasteiger partial charge in [-0.2, -0.15) is 0 Å². The maximum Gasteiger partial charge on any atom is 0.293 e. The summed E-state index contributed by atoms with van der Waals surface area (Å²) < 4.78 is 5.39. The second-order valence-electron chi connectivity index (χ2n) is 4.27. The van der Waals surface area contributed by atoms with Crippen molar-refractivity contribution in [2.45, 2.75) is 25.5 Å². The lowest BCUT2D eigenvalue weighted by Crippen LogP contribution is -2.27. The Bertz CT molecular complexity index is 475. The van der Waals surface area contributed by atoms with E-state index in [0.717, 1.165) is 6.42 Å². The number of nitrogens with zero attached hydrogens (tertiary/aromatic N) is 1. The molecule has 1 aromatic rings. The molecule has 2 atom stereocenters. The quantitative estimate of drug-likeness (QED) is 0.502. The summed E-state index contributed by atoms with van der Waals surface area (Å²) in [6.07, 6.45) is 1.43. The Morgan fingerprint density at radius 3 is 2.89 bits per heavy atom. The van der Waals surface area contributed by atoms with Crippen LogP contribution in [-0.4, -0.2) is 30.0 Å². The van der Waals surface area contributed by atoms with Crippen molar-refractivity contribution in [1.82, 2.24) is 0 Å². The number of ether oxygens (including phenoxy) is 1. The minimum atomic E-state index is -0.490. The SMILES string of the molecule is CC1OCCC1Nc1ccc(C=O)cc1[N+](=O)[O-]. The summed E-state index contributed by atoms with van der Waals surface area (Å²) in [5.74, 6) is 0. The van der Waals surface area contributed by atoms with Gasteiger partial charge in [-0.1, -0.05) is 0 Å². The van der Waals surface area contributed by atoms with Crippen LogP contribution < -0.4 is 5.32 Å². The van der Waals surface area contributed by atoms with Gasteiger partial charge >= 0.3 is 0 Å². The van der Waals surface area contributed by atoms with Crippen molar-refractivity contribution in [3.63, 3.8) is 0 Å². The van der Waals surface area contributed by atoms with Gasteiger partial charge in [0.15, 0.2) is 0 Å². The maximum absolute atomic E-state index is 11.0. The van der Waals surface area contributed by atoms with Gasteiger partial charge in [-0.05, 0) is 25.5 Å². The van der Waals surface area contributed by atoms with Gasteiger partial charge in [0, 0.05) is 18.2 Å². The lowest BCUT2D eigenvalue weighted by Gasteiger charge is -2.17. The van der Waals surface area contributed by atoms with Gasteiger partial charge in [0.05, 0.1) is 17.1 Å². The first-order valence-corrected chi connectivity index (χ1v) is 5.73. The summed E-state index contributed by atoms with van der Waals surface area (Å²) in [6.45, 7) is 2.58. The fourth-order valence-electron chi connectivity index (χ4n) is 2.02. The molecule has 1 heterocycles. The van der Waals surface area contributed by atoms with Gasteiger partial charge in [-0.25, -0.2) is 0 Å². The van der Waals surface area contributed by atoms with E-state index < -0.39 is 4.92 Å². The van der Waals surface area contributed by atoms with Gasteiger partial charge in [-0.15, -0.1) is 0 Å². The zero-order chi connectivity index (χ0) is 13.1. The fraction of sp³-hybridized carbons (Fsp3) is 0.417. The van der Waals surface area contributed by atoms with E-state index in [1.54, 1.807) is 12.1 Å². The minimum absolute atomic E-state index is 0.0235. The third-order valence-corrected chi connectivity index (χ3v) is 3.07. The molecule has 1 saturated heterocycles. The number of rotatable bonds is 4. The molecule has 2 unspecified atom stereocenters. The van der Waals surface area contributed by atoms with Crippen molar-refractivity contribution in [3.8, 4) is 0 Å². The molecular weight excluding hydrogens is 236 g/mol. The molecule has 96 valence electrons. The van der Waals surface area contributed by atoms with E-state index >= 15 is 0 Å². The molecule has 6 heteroatoms. The van der Waals surface area contributed by atoms with Crippen LogP contribution in [0.1, 0.15) is 23.7 Å². The number of anilines is 1. The van der Waals surface area contributed by atoms with E-state index in [-0.39, 0.29) is 17.8 Å². The average Bonchev–Trinajstić information content (AvgIpc) is 2.75. The number of hydrogen-bond donors (Lipinski definition) is 1. The third kappa shape index (κ3) is 2.48. The molecule has 0 radical (unpaired) electrons. The highest BCUT2D eigenvalue weighted by Gasteiger charge is 2.26. The standard InChI is InChI=1S/C12H14N2O4/c1-8-10(4-5-18-8)13-11-3-2-9(7-15)6-12(11)14(16)17/h2-3,6-8,10,13H,4-5H2,1H3. The second kappa shape index (κ2) is 5.14. The molecule has 0 bridgehead atoms. The molecule has 18 heavy (non-hydrogen) atoms. The van der Waals surface area contributed by atoms with E-state index in [1.165, 1.54) is 6.07 Å². The normalized spacial score (nSPS) is 22.7. The van der Waals surface area contributed by atoms with Crippen molar-refractivity contribution in [2.75, 3.05) is 11.9 Å². The Morgan fingerprint density at radius 1 is 1.56 bits per heavy atom. The summed E-state index contributed by atoms with van der Waals surface area (Å²) in [4.78, 5) is 21.1. The highest BCUT2D eigenvalue weighted by atomic mass is 16.6. The first-order valence-electron chi connectivity index (χ1n) is 5.73. The molecule has 0 aromatic heterocycles. The van der Waals surface area contributed by atoms with Crippen LogP contribution in [0.4, 0.5) is 11.4 Å². The van der Waals surface area contributed by atoms with E-state index in [4.69, 9.17) is 4.74 Å².